The first-order chi connectivity index (χ1) is 17.7. The zero-order valence-electron chi connectivity index (χ0n) is 23.6. The Balaban J connectivity index is 3.30. The number of benzene rings is 1. The molecule has 0 unspecified atom stereocenters. The zero-order valence-corrected chi connectivity index (χ0v) is 23.6. The van der Waals surface area contributed by atoms with E-state index in [-0.39, 0.29) is 24.8 Å². The van der Waals surface area contributed by atoms with Gasteiger partial charge in [-0.2, -0.15) is 0 Å². The fraction of sp³-hybridized carbons (Fsp3) is 0.593. The molecule has 1 rings (SSSR count). The van der Waals surface area contributed by atoms with Crippen molar-refractivity contribution in [3.05, 3.63) is 35.9 Å². The van der Waals surface area contributed by atoms with Gasteiger partial charge in [0, 0.05) is 12.0 Å². The molecule has 0 radical (unpaired) electrons. The molecule has 4 amide bonds. The highest BCUT2D eigenvalue weighted by atomic mass is 16.6. The van der Waals surface area contributed by atoms with Crippen LogP contribution in [0.1, 0.15) is 71.7 Å². The van der Waals surface area contributed by atoms with Crippen LogP contribution in [0.2, 0.25) is 0 Å². The van der Waals surface area contributed by atoms with Gasteiger partial charge in [0.05, 0.1) is 13.7 Å². The second kappa shape index (κ2) is 14.9. The molecule has 0 aliphatic carbocycles. The standard InChI is InChI=1S/C27H42N4O7/c1-17(2)14-15-21(32)31(30-26(36)29-22(18(3)4)25(35)37-8)20(24(34)38-27(5,6)7)16-28-23(33)19-12-10-9-11-13-19/h9-13,17-18,20,22H,14-16H2,1-8H3,(H,28,33)(H2,29,30,36)/t20-,22+/m1/s1. The quantitative estimate of drug-likeness (QED) is 0.293. The maximum atomic E-state index is 13.3. The Morgan fingerprint density at radius 2 is 1.55 bits per heavy atom. The number of carbonyl (C=O) groups is 5. The molecule has 3 N–H and O–H groups in total. The molecular weight excluding hydrogens is 492 g/mol. The fourth-order valence-corrected chi connectivity index (χ4v) is 3.29. The first-order valence-corrected chi connectivity index (χ1v) is 12.7. The van der Waals surface area contributed by atoms with Gasteiger partial charge in [-0.15, -0.1) is 0 Å². The molecule has 212 valence electrons. The molecule has 1 aromatic carbocycles. The lowest BCUT2D eigenvalue weighted by Gasteiger charge is -2.33. The summed E-state index contributed by atoms with van der Waals surface area (Å²) in [5.74, 6) is -2.65. The molecule has 0 spiro atoms. The Kier molecular flexibility index (Phi) is 12.7. The minimum absolute atomic E-state index is 0.0223. The highest BCUT2D eigenvalue weighted by Crippen LogP contribution is 2.14. The Labute approximate surface area is 225 Å². The summed E-state index contributed by atoms with van der Waals surface area (Å²) in [6.07, 6.45) is 0.515. The molecule has 1 aromatic rings. The van der Waals surface area contributed by atoms with E-state index in [0.717, 1.165) is 5.01 Å². The summed E-state index contributed by atoms with van der Waals surface area (Å²) in [6.45, 7) is 12.0. The SMILES string of the molecule is COC(=O)[C@@H](NC(=O)NN(C(=O)CCC(C)C)[C@H](CNC(=O)c1ccccc1)C(=O)OC(C)(C)C)C(C)C. The third-order valence-electron chi connectivity index (χ3n) is 5.32. The topological polar surface area (TPSA) is 143 Å². The van der Waals surface area contributed by atoms with Crippen molar-refractivity contribution in [2.75, 3.05) is 13.7 Å². The van der Waals surface area contributed by atoms with Crippen molar-refractivity contribution in [1.82, 2.24) is 21.1 Å². The minimum Gasteiger partial charge on any atom is -0.467 e. The zero-order chi connectivity index (χ0) is 29.0. The van der Waals surface area contributed by atoms with Gasteiger partial charge in [0.15, 0.2) is 6.04 Å². The van der Waals surface area contributed by atoms with Gasteiger partial charge < -0.3 is 20.1 Å². The molecule has 0 fully saturated rings. The van der Waals surface area contributed by atoms with E-state index in [2.05, 4.69) is 16.1 Å². The lowest BCUT2D eigenvalue weighted by molar-refractivity contribution is -0.166. The number of amides is 4. The Bertz CT molecular complexity index is 958. The molecule has 0 aliphatic rings. The number of methoxy groups -OCH3 is 1. The molecule has 0 saturated carbocycles. The molecule has 0 aliphatic heterocycles. The van der Waals surface area contributed by atoms with Crippen molar-refractivity contribution in [1.29, 1.82) is 0 Å². The maximum absolute atomic E-state index is 13.3. The van der Waals surface area contributed by atoms with Crippen LogP contribution in [0.4, 0.5) is 4.79 Å². The summed E-state index contributed by atoms with van der Waals surface area (Å²) >= 11 is 0. The first-order valence-electron chi connectivity index (χ1n) is 12.7. The monoisotopic (exact) mass is 534 g/mol. The van der Waals surface area contributed by atoms with E-state index in [4.69, 9.17) is 9.47 Å². The molecule has 0 aromatic heterocycles. The van der Waals surface area contributed by atoms with Gasteiger partial charge in [0.1, 0.15) is 11.6 Å². The van der Waals surface area contributed by atoms with Crippen LogP contribution >= 0.6 is 0 Å². The van der Waals surface area contributed by atoms with E-state index in [1.807, 2.05) is 13.8 Å². The molecule has 11 nitrogen and oxygen atoms in total. The van der Waals surface area contributed by atoms with E-state index in [1.54, 1.807) is 65.0 Å². The highest BCUT2D eigenvalue weighted by molar-refractivity contribution is 5.95. The molecule has 0 heterocycles. The minimum atomic E-state index is -1.39. The van der Waals surface area contributed by atoms with Crippen LogP contribution in [-0.2, 0) is 23.9 Å². The third-order valence-corrected chi connectivity index (χ3v) is 5.32. The summed E-state index contributed by atoms with van der Waals surface area (Å²) in [7, 11) is 1.20. The summed E-state index contributed by atoms with van der Waals surface area (Å²) in [6, 6.07) is 5.09. The fourth-order valence-electron chi connectivity index (χ4n) is 3.29. The van der Waals surface area contributed by atoms with Gasteiger partial charge >= 0.3 is 18.0 Å². The molecule has 2 atom stereocenters. The van der Waals surface area contributed by atoms with Crippen LogP contribution in [0.25, 0.3) is 0 Å². The summed E-state index contributed by atoms with van der Waals surface area (Å²) in [4.78, 5) is 64.3. The van der Waals surface area contributed by atoms with Crippen molar-refractivity contribution >= 4 is 29.8 Å². The van der Waals surface area contributed by atoms with Crippen LogP contribution < -0.4 is 16.1 Å². The van der Waals surface area contributed by atoms with Crippen molar-refractivity contribution in [3.63, 3.8) is 0 Å². The Morgan fingerprint density at radius 3 is 2.05 bits per heavy atom. The summed E-state index contributed by atoms with van der Waals surface area (Å²) in [5, 5.41) is 6.01. The van der Waals surface area contributed by atoms with Crippen molar-refractivity contribution < 1.29 is 33.4 Å². The molecule has 11 heteroatoms. The number of nitrogens with one attached hydrogen (secondary N) is 3. The largest absolute Gasteiger partial charge is 0.467 e. The van der Waals surface area contributed by atoms with E-state index < -0.39 is 47.5 Å². The number of urea groups is 1. The Hall–Kier alpha value is -3.63. The number of rotatable bonds is 11. The molecular formula is C27H42N4O7. The van der Waals surface area contributed by atoms with Crippen LogP contribution in [0.3, 0.4) is 0 Å². The van der Waals surface area contributed by atoms with Crippen molar-refractivity contribution in [2.24, 2.45) is 11.8 Å². The number of hydrogen-bond acceptors (Lipinski definition) is 7. The molecule has 0 bridgehead atoms. The predicted octanol–water partition coefficient (Wildman–Crippen LogP) is 2.80. The summed E-state index contributed by atoms with van der Waals surface area (Å²) in [5.41, 5.74) is 1.87. The number of ether oxygens (including phenoxy) is 2. The predicted molar refractivity (Wildman–Crippen MR) is 142 cm³/mol. The van der Waals surface area contributed by atoms with Gasteiger partial charge in [-0.3, -0.25) is 9.59 Å². The van der Waals surface area contributed by atoms with E-state index in [0.29, 0.717) is 12.0 Å². The average Bonchev–Trinajstić information content (AvgIpc) is 2.83. The van der Waals surface area contributed by atoms with Crippen LogP contribution in [0.5, 0.6) is 0 Å². The smallest absolute Gasteiger partial charge is 0.334 e. The number of hydrogen-bond donors (Lipinski definition) is 3. The normalized spacial score (nSPS) is 12.8. The second-order valence-electron chi connectivity index (χ2n) is 10.7. The van der Waals surface area contributed by atoms with Crippen molar-refractivity contribution in [2.45, 2.75) is 79.0 Å². The van der Waals surface area contributed by atoms with E-state index in [9.17, 15) is 24.0 Å². The number of nitrogens with zero attached hydrogens (tertiary/aromatic N) is 1. The Morgan fingerprint density at radius 1 is 0.947 bits per heavy atom. The van der Waals surface area contributed by atoms with Crippen LogP contribution in [0, 0.1) is 11.8 Å². The maximum Gasteiger partial charge on any atom is 0.334 e. The number of carbonyl (C=O) groups excluding carboxylic acids is 5. The van der Waals surface area contributed by atoms with Gasteiger partial charge in [0.2, 0.25) is 5.91 Å². The van der Waals surface area contributed by atoms with Gasteiger partial charge in [-0.25, -0.2) is 24.8 Å². The lowest BCUT2D eigenvalue weighted by Crippen LogP contribution is -2.62. The van der Waals surface area contributed by atoms with Gasteiger partial charge in [-0.1, -0.05) is 45.9 Å². The lowest BCUT2D eigenvalue weighted by atomic mass is 10.1. The van der Waals surface area contributed by atoms with Gasteiger partial charge in [0.25, 0.3) is 5.91 Å². The summed E-state index contributed by atoms with van der Waals surface area (Å²) < 4.78 is 10.3. The number of hydrazine groups is 1. The molecule has 0 saturated heterocycles. The van der Waals surface area contributed by atoms with Crippen LogP contribution in [-0.4, -0.2) is 66.1 Å². The number of esters is 2. The average molecular weight is 535 g/mol. The van der Waals surface area contributed by atoms with E-state index >= 15 is 0 Å². The second-order valence-corrected chi connectivity index (χ2v) is 10.7. The van der Waals surface area contributed by atoms with Gasteiger partial charge in [-0.05, 0) is 51.2 Å². The highest BCUT2D eigenvalue weighted by Gasteiger charge is 2.36. The molecule has 38 heavy (non-hydrogen) atoms. The van der Waals surface area contributed by atoms with Crippen LogP contribution in [0.15, 0.2) is 30.3 Å². The van der Waals surface area contributed by atoms with Crippen molar-refractivity contribution in [3.8, 4) is 0 Å². The first kappa shape index (κ1) is 32.4. The van der Waals surface area contributed by atoms with E-state index in [1.165, 1.54) is 7.11 Å². The third kappa shape index (κ3) is 11.2.